The Labute approximate surface area is 233 Å². The van der Waals surface area contributed by atoms with Crippen LogP contribution in [0.5, 0.6) is 0 Å². The number of halogens is 1. The lowest BCUT2D eigenvalue weighted by atomic mass is 9.96. The number of thiocarbonyl (C=S) groups is 1. The number of carbonyl (C=O) groups is 1. The second-order valence-corrected chi connectivity index (χ2v) is 10.1. The van der Waals surface area contributed by atoms with Gasteiger partial charge >= 0.3 is 0 Å². The average molecular weight is 542 g/mol. The van der Waals surface area contributed by atoms with Crippen LogP contribution in [0.3, 0.4) is 0 Å². The monoisotopic (exact) mass is 541 g/mol. The van der Waals surface area contributed by atoms with E-state index in [0.29, 0.717) is 11.7 Å². The van der Waals surface area contributed by atoms with Crippen molar-refractivity contribution in [3.05, 3.63) is 113 Å². The Morgan fingerprint density at radius 1 is 1.08 bits per heavy atom. The zero-order valence-electron chi connectivity index (χ0n) is 22.3. The number of benzene rings is 2. The summed E-state index contributed by atoms with van der Waals surface area (Å²) in [5.74, 6) is -0.734. The molecule has 1 amide bonds. The van der Waals surface area contributed by atoms with Gasteiger partial charge in [0.2, 0.25) is 5.91 Å². The fraction of sp³-hybridized carbons (Fsp3) is 0.258. The molecule has 0 unspecified atom stereocenters. The topological polar surface area (TPSA) is 62.2 Å². The highest BCUT2D eigenvalue weighted by molar-refractivity contribution is 7.80. The van der Waals surface area contributed by atoms with Crippen molar-refractivity contribution in [2.24, 2.45) is 0 Å². The van der Waals surface area contributed by atoms with Crippen molar-refractivity contribution >= 4 is 28.9 Å². The maximum Gasteiger partial charge on any atom is 0.226 e. The number of aryl methyl sites for hydroxylation is 2. The highest BCUT2D eigenvalue weighted by Gasteiger charge is 2.41. The molecule has 0 radical (unpaired) electrons. The summed E-state index contributed by atoms with van der Waals surface area (Å²) >= 11 is 5.80. The van der Waals surface area contributed by atoms with Gasteiger partial charge in [-0.05, 0) is 80.0 Å². The largest absolute Gasteiger partial charge is 0.352 e. The molecule has 2 N–H and O–H groups in total. The highest BCUT2D eigenvalue weighted by Crippen LogP contribution is 2.41. The first-order valence-corrected chi connectivity index (χ1v) is 13.6. The molecule has 1 fully saturated rings. The number of pyridine rings is 1. The van der Waals surface area contributed by atoms with Crippen LogP contribution in [0, 0.1) is 19.7 Å². The molecule has 0 saturated carbocycles. The van der Waals surface area contributed by atoms with Crippen LogP contribution in [0.2, 0.25) is 0 Å². The predicted octanol–water partition coefficient (Wildman–Crippen LogP) is 6.19. The third kappa shape index (κ3) is 5.29. The number of para-hydroxylation sites is 2. The van der Waals surface area contributed by atoms with Crippen LogP contribution >= 0.6 is 12.2 Å². The first-order valence-electron chi connectivity index (χ1n) is 13.2. The molecule has 1 aliphatic heterocycles. The Morgan fingerprint density at radius 2 is 1.82 bits per heavy atom. The lowest BCUT2D eigenvalue weighted by Gasteiger charge is -2.28. The van der Waals surface area contributed by atoms with E-state index < -0.39 is 5.82 Å². The SMILES string of the molecule is CCc1ccccc1-n1c(C)cc([C@@H]2[C@@H](c3ccccn3)NC(=S)N2CCC(=O)Nc2ccccc2F)c1C. The van der Waals surface area contributed by atoms with Gasteiger partial charge in [0.15, 0.2) is 5.11 Å². The van der Waals surface area contributed by atoms with Crippen LogP contribution in [-0.4, -0.2) is 32.0 Å². The van der Waals surface area contributed by atoms with Gasteiger partial charge in [0, 0.05) is 36.2 Å². The van der Waals surface area contributed by atoms with Gasteiger partial charge in [-0.25, -0.2) is 4.39 Å². The maximum absolute atomic E-state index is 14.1. The summed E-state index contributed by atoms with van der Waals surface area (Å²) < 4.78 is 16.4. The molecule has 0 bridgehead atoms. The molecule has 5 rings (SSSR count). The minimum Gasteiger partial charge on any atom is -0.352 e. The van der Waals surface area contributed by atoms with Gasteiger partial charge < -0.3 is 20.1 Å². The Kier molecular flexibility index (Phi) is 7.74. The summed E-state index contributed by atoms with van der Waals surface area (Å²) in [6.45, 7) is 6.79. The van der Waals surface area contributed by atoms with Gasteiger partial charge in [-0.15, -0.1) is 0 Å². The Bertz CT molecular complexity index is 1500. The van der Waals surface area contributed by atoms with Gasteiger partial charge in [0.25, 0.3) is 0 Å². The van der Waals surface area contributed by atoms with E-state index in [1.165, 1.54) is 17.3 Å². The molecule has 8 heteroatoms. The summed E-state index contributed by atoms with van der Waals surface area (Å²) in [7, 11) is 0. The molecule has 1 saturated heterocycles. The number of nitrogens with zero attached hydrogens (tertiary/aromatic N) is 3. The van der Waals surface area contributed by atoms with Crippen LogP contribution < -0.4 is 10.6 Å². The van der Waals surface area contributed by atoms with E-state index in [9.17, 15) is 9.18 Å². The summed E-state index contributed by atoms with van der Waals surface area (Å²) in [5.41, 5.74) is 6.85. The van der Waals surface area contributed by atoms with Gasteiger partial charge in [-0.1, -0.05) is 43.3 Å². The van der Waals surface area contributed by atoms with Crippen LogP contribution in [0.4, 0.5) is 10.1 Å². The third-order valence-electron chi connectivity index (χ3n) is 7.33. The Hall–Kier alpha value is -4.04. The zero-order chi connectivity index (χ0) is 27.5. The highest BCUT2D eigenvalue weighted by atomic mass is 32.1. The lowest BCUT2D eigenvalue weighted by molar-refractivity contribution is -0.116. The van der Waals surface area contributed by atoms with Crippen LogP contribution in [-0.2, 0) is 11.2 Å². The maximum atomic E-state index is 14.1. The molecule has 2 atom stereocenters. The summed E-state index contributed by atoms with van der Waals surface area (Å²) in [6.07, 6.45) is 2.86. The summed E-state index contributed by atoms with van der Waals surface area (Å²) in [6, 6.07) is 22.3. The number of anilines is 1. The molecule has 3 heterocycles. The molecule has 4 aromatic rings. The molecular formula is C31H32FN5OS. The van der Waals surface area contributed by atoms with Gasteiger partial charge in [-0.2, -0.15) is 0 Å². The average Bonchev–Trinajstić information content (AvgIpc) is 3.43. The number of rotatable bonds is 8. The first-order chi connectivity index (χ1) is 18.9. The third-order valence-corrected chi connectivity index (χ3v) is 7.68. The summed E-state index contributed by atoms with van der Waals surface area (Å²) in [4.78, 5) is 19.5. The molecule has 39 heavy (non-hydrogen) atoms. The van der Waals surface area contributed by atoms with Crippen molar-refractivity contribution in [3.63, 3.8) is 0 Å². The van der Waals surface area contributed by atoms with Crippen molar-refractivity contribution in [1.29, 1.82) is 0 Å². The van der Waals surface area contributed by atoms with Gasteiger partial charge in [-0.3, -0.25) is 9.78 Å². The van der Waals surface area contributed by atoms with Crippen molar-refractivity contribution < 1.29 is 9.18 Å². The van der Waals surface area contributed by atoms with Crippen LogP contribution in [0.15, 0.2) is 79.0 Å². The molecule has 1 aliphatic rings. The molecule has 2 aromatic heterocycles. The van der Waals surface area contributed by atoms with Crippen LogP contribution in [0.1, 0.15) is 53.6 Å². The normalized spacial score (nSPS) is 16.8. The molecule has 2 aromatic carbocycles. The minimum absolute atomic E-state index is 0.152. The van der Waals surface area contributed by atoms with E-state index in [0.717, 1.165) is 29.1 Å². The van der Waals surface area contributed by atoms with Crippen molar-refractivity contribution in [2.75, 3.05) is 11.9 Å². The Balaban J connectivity index is 1.49. The quantitative estimate of drug-likeness (QED) is 0.261. The van der Waals surface area contributed by atoms with Gasteiger partial charge in [0.1, 0.15) is 5.82 Å². The number of carbonyl (C=O) groups excluding carboxylic acids is 1. The van der Waals surface area contributed by atoms with Crippen molar-refractivity contribution in [3.8, 4) is 5.69 Å². The Morgan fingerprint density at radius 3 is 2.56 bits per heavy atom. The van der Waals surface area contributed by atoms with E-state index in [1.54, 1.807) is 24.4 Å². The number of hydrogen-bond donors (Lipinski definition) is 2. The lowest BCUT2D eigenvalue weighted by Crippen LogP contribution is -2.33. The molecular weight excluding hydrogens is 509 g/mol. The van der Waals surface area contributed by atoms with E-state index in [1.807, 2.05) is 18.2 Å². The number of hydrogen-bond acceptors (Lipinski definition) is 3. The first kappa shape index (κ1) is 26.6. The van der Waals surface area contributed by atoms with Crippen LogP contribution in [0.25, 0.3) is 5.69 Å². The second kappa shape index (κ2) is 11.4. The van der Waals surface area contributed by atoms with E-state index in [-0.39, 0.29) is 30.1 Å². The van der Waals surface area contributed by atoms with E-state index >= 15 is 0 Å². The number of aromatic nitrogens is 2. The number of nitrogens with one attached hydrogen (secondary N) is 2. The molecule has 200 valence electrons. The van der Waals surface area contributed by atoms with E-state index in [2.05, 4.69) is 76.2 Å². The predicted molar refractivity (Wildman–Crippen MR) is 156 cm³/mol. The smallest absolute Gasteiger partial charge is 0.226 e. The second-order valence-electron chi connectivity index (χ2n) is 9.74. The minimum atomic E-state index is -0.461. The van der Waals surface area contributed by atoms with E-state index in [4.69, 9.17) is 12.2 Å². The standard InChI is InChI=1S/C31H32FN5OS/c1-4-22-11-5-8-15-27(22)37-20(2)19-23(21(37)3)30-29(26-14-9-10-17-33-26)35-31(39)36(30)18-16-28(38)34-25-13-7-6-12-24(25)32/h5-15,17,19,29-30H,4,16,18H2,1-3H3,(H,34,38)(H,35,39)/t29-,30-/m1/s1. The fourth-order valence-corrected chi connectivity index (χ4v) is 5.80. The molecule has 6 nitrogen and oxygen atoms in total. The molecule has 0 aliphatic carbocycles. The number of amides is 1. The summed E-state index contributed by atoms with van der Waals surface area (Å²) in [5, 5.41) is 6.71. The molecule has 0 spiro atoms. The fourth-order valence-electron chi connectivity index (χ4n) is 5.47. The zero-order valence-corrected chi connectivity index (χ0v) is 23.1. The van der Waals surface area contributed by atoms with Crippen molar-refractivity contribution in [1.82, 2.24) is 19.8 Å². The van der Waals surface area contributed by atoms with Crippen molar-refractivity contribution in [2.45, 2.75) is 45.7 Å². The van der Waals surface area contributed by atoms with Gasteiger partial charge in [0.05, 0.1) is 23.5 Å².